The van der Waals surface area contributed by atoms with Crippen molar-refractivity contribution in [2.24, 2.45) is 0 Å². The zero-order valence-electron chi connectivity index (χ0n) is 13.9. The number of benzene rings is 1. The Balaban J connectivity index is 1.74. The van der Waals surface area contributed by atoms with E-state index in [9.17, 15) is 4.79 Å². The average molecular weight is 391 g/mol. The fraction of sp³-hybridized carbons (Fsp3) is 0.118. The molecule has 26 heavy (non-hydrogen) atoms. The van der Waals surface area contributed by atoms with Crippen LogP contribution < -0.4 is 20.1 Å². The van der Waals surface area contributed by atoms with E-state index < -0.39 is 0 Å². The summed E-state index contributed by atoms with van der Waals surface area (Å²) in [5.74, 6) is 1.64. The Hall–Kier alpha value is -2.84. The third kappa shape index (κ3) is 4.04. The van der Waals surface area contributed by atoms with E-state index in [1.54, 1.807) is 30.3 Å². The minimum absolute atomic E-state index is 0.223. The summed E-state index contributed by atoms with van der Waals surface area (Å²) in [5, 5.41) is 16.1. The van der Waals surface area contributed by atoms with Crippen LogP contribution >= 0.6 is 22.9 Å². The van der Waals surface area contributed by atoms with Crippen molar-refractivity contribution in [2.45, 2.75) is 0 Å². The van der Waals surface area contributed by atoms with Crippen LogP contribution in [0.15, 0.2) is 41.8 Å². The van der Waals surface area contributed by atoms with E-state index in [-0.39, 0.29) is 5.91 Å². The van der Waals surface area contributed by atoms with Gasteiger partial charge in [-0.2, -0.15) is 0 Å². The first kappa shape index (κ1) is 18.0. The number of aromatic nitrogens is 2. The normalized spacial score (nSPS) is 10.3. The molecule has 3 rings (SSSR count). The zero-order valence-corrected chi connectivity index (χ0v) is 15.5. The molecule has 3 aromatic rings. The molecule has 0 saturated heterocycles. The van der Waals surface area contributed by atoms with Crippen molar-refractivity contribution in [2.75, 3.05) is 24.9 Å². The number of nitrogens with one attached hydrogen (secondary N) is 2. The van der Waals surface area contributed by atoms with Crippen LogP contribution in [0, 0.1) is 0 Å². The third-order valence-electron chi connectivity index (χ3n) is 3.39. The molecule has 0 fully saturated rings. The summed E-state index contributed by atoms with van der Waals surface area (Å²) in [6.45, 7) is 0. The minimum Gasteiger partial charge on any atom is -0.495 e. The van der Waals surface area contributed by atoms with Gasteiger partial charge in [0.25, 0.3) is 5.91 Å². The van der Waals surface area contributed by atoms with Crippen LogP contribution in [0.1, 0.15) is 9.67 Å². The highest BCUT2D eigenvalue weighted by Crippen LogP contribution is 2.37. The van der Waals surface area contributed by atoms with Gasteiger partial charge in [-0.05, 0) is 23.6 Å². The molecular formula is C17H15ClN4O3S. The summed E-state index contributed by atoms with van der Waals surface area (Å²) in [6, 6.07) is 10.2. The minimum atomic E-state index is -0.223. The number of thiophene rings is 1. The third-order valence-corrected chi connectivity index (χ3v) is 4.55. The van der Waals surface area contributed by atoms with Gasteiger partial charge in [0.15, 0.2) is 11.6 Å². The highest BCUT2D eigenvalue weighted by atomic mass is 35.5. The number of nitrogens with zero attached hydrogens (tertiary/aromatic N) is 2. The highest BCUT2D eigenvalue weighted by molar-refractivity contribution is 7.12. The second-order valence-electron chi connectivity index (χ2n) is 5.05. The zero-order chi connectivity index (χ0) is 18.5. The Morgan fingerprint density at radius 3 is 2.42 bits per heavy atom. The number of ether oxygens (including phenoxy) is 2. The van der Waals surface area contributed by atoms with Crippen LogP contribution in [-0.2, 0) is 0 Å². The fourth-order valence-electron chi connectivity index (χ4n) is 2.15. The first-order valence-electron chi connectivity index (χ1n) is 7.48. The molecular weight excluding hydrogens is 376 g/mol. The van der Waals surface area contributed by atoms with Gasteiger partial charge >= 0.3 is 0 Å². The molecule has 2 heterocycles. The summed E-state index contributed by atoms with van der Waals surface area (Å²) in [6.07, 6.45) is 0. The second kappa shape index (κ2) is 8.03. The molecule has 2 aromatic heterocycles. The van der Waals surface area contributed by atoms with Crippen LogP contribution in [0.25, 0.3) is 0 Å². The summed E-state index contributed by atoms with van der Waals surface area (Å²) >= 11 is 7.45. The number of carbonyl (C=O) groups is 1. The predicted octanol–water partition coefficient (Wildman–Crippen LogP) is 4.20. The summed E-state index contributed by atoms with van der Waals surface area (Å²) in [4.78, 5) is 12.6. The maximum Gasteiger partial charge on any atom is 0.266 e. The average Bonchev–Trinajstić information content (AvgIpc) is 3.19. The van der Waals surface area contributed by atoms with Crippen molar-refractivity contribution < 1.29 is 14.3 Å². The molecule has 0 unspecified atom stereocenters. The Labute approximate surface area is 158 Å². The summed E-state index contributed by atoms with van der Waals surface area (Å²) in [5.41, 5.74) is 0.624. The molecule has 9 heteroatoms. The first-order chi connectivity index (χ1) is 12.6. The molecule has 0 radical (unpaired) electrons. The van der Waals surface area contributed by atoms with E-state index in [4.69, 9.17) is 21.1 Å². The predicted molar refractivity (Wildman–Crippen MR) is 102 cm³/mol. The molecule has 1 aromatic carbocycles. The number of hydrogen-bond acceptors (Lipinski definition) is 7. The van der Waals surface area contributed by atoms with Crippen molar-refractivity contribution in [3.8, 4) is 11.5 Å². The number of hydrogen-bond donors (Lipinski definition) is 2. The van der Waals surface area contributed by atoms with Gasteiger partial charge in [0, 0.05) is 12.1 Å². The lowest BCUT2D eigenvalue weighted by Crippen LogP contribution is -2.12. The van der Waals surface area contributed by atoms with E-state index >= 15 is 0 Å². The number of rotatable bonds is 6. The molecule has 7 nitrogen and oxygen atoms in total. The molecule has 0 atom stereocenters. The van der Waals surface area contributed by atoms with Gasteiger partial charge in [-0.15, -0.1) is 21.5 Å². The molecule has 0 saturated carbocycles. The van der Waals surface area contributed by atoms with E-state index in [0.29, 0.717) is 38.7 Å². The fourth-order valence-corrected chi connectivity index (χ4v) is 3.00. The molecule has 0 aliphatic heterocycles. The van der Waals surface area contributed by atoms with Gasteiger partial charge in [0.2, 0.25) is 0 Å². The van der Waals surface area contributed by atoms with Gasteiger partial charge in [0.1, 0.15) is 11.5 Å². The van der Waals surface area contributed by atoms with Crippen molar-refractivity contribution in [1.82, 2.24) is 10.2 Å². The van der Waals surface area contributed by atoms with Gasteiger partial charge < -0.3 is 20.1 Å². The van der Waals surface area contributed by atoms with Crippen LogP contribution in [0.4, 0.5) is 17.3 Å². The Morgan fingerprint density at radius 1 is 1.08 bits per heavy atom. The Morgan fingerprint density at radius 2 is 1.81 bits per heavy atom. The standard InChI is InChI=1S/C17H15ClN4O3S/c1-24-12-9-11(13(25-2)8-10(12)18)19-15-5-6-16(22-21-15)20-17(23)14-4-3-7-26-14/h3-9H,1-2H3,(H,19,21)(H,20,22,23). The number of carbonyl (C=O) groups excluding carboxylic acids is 1. The van der Waals surface area contributed by atoms with Gasteiger partial charge in [0.05, 0.1) is 29.8 Å². The SMILES string of the molecule is COc1cc(Nc2ccc(NC(=O)c3cccs3)nn2)c(OC)cc1Cl. The van der Waals surface area contributed by atoms with Crippen LogP contribution in [0.2, 0.25) is 5.02 Å². The van der Waals surface area contributed by atoms with Gasteiger partial charge in [-0.25, -0.2) is 0 Å². The van der Waals surface area contributed by atoms with Crippen molar-refractivity contribution >= 4 is 46.2 Å². The lowest BCUT2D eigenvalue weighted by molar-refractivity contribution is 0.103. The summed E-state index contributed by atoms with van der Waals surface area (Å²) in [7, 11) is 3.07. The monoisotopic (exact) mass is 390 g/mol. The molecule has 0 bridgehead atoms. The van der Waals surface area contributed by atoms with E-state index in [1.807, 2.05) is 11.4 Å². The number of anilines is 3. The Kier molecular flexibility index (Phi) is 5.55. The molecule has 1 amide bonds. The van der Waals surface area contributed by atoms with Gasteiger partial charge in [-0.3, -0.25) is 4.79 Å². The molecule has 134 valence electrons. The number of halogens is 1. The highest BCUT2D eigenvalue weighted by Gasteiger charge is 2.12. The van der Waals surface area contributed by atoms with Crippen molar-refractivity contribution in [1.29, 1.82) is 0 Å². The second-order valence-corrected chi connectivity index (χ2v) is 6.40. The number of amides is 1. The molecule has 2 N–H and O–H groups in total. The Bertz CT molecular complexity index is 901. The lowest BCUT2D eigenvalue weighted by atomic mass is 10.2. The topological polar surface area (TPSA) is 85.4 Å². The smallest absolute Gasteiger partial charge is 0.266 e. The quantitative estimate of drug-likeness (QED) is 0.656. The lowest BCUT2D eigenvalue weighted by Gasteiger charge is -2.13. The summed E-state index contributed by atoms with van der Waals surface area (Å²) < 4.78 is 10.5. The van der Waals surface area contributed by atoms with Crippen molar-refractivity contribution in [3.05, 3.63) is 51.7 Å². The van der Waals surface area contributed by atoms with E-state index in [2.05, 4.69) is 20.8 Å². The van der Waals surface area contributed by atoms with Crippen LogP contribution in [0.3, 0.4) is 0 Å². The molecule has 0 aliphatic rings. The largest absolute Gasteiger partial charge is 0.495 e. The van der Waals surface area contributed by atoms with E-state index in [1.165, 1.54) is 25.6 Å². The van der Waals surface area contributed by atoms with Crippen molar-refractivity contribution in [3.63, 3.8) is 0 Å². The number of methoxy groups -OCH3 is 2. The van der Waals surface area contributed by atoms with E-state index in [0.717, 1.165) is 0 Å². The maximum atomic E-state index is 12.0. The van der Waals surface area contributed by atoms with Gasteiger partial charge in [-0.1, -0.05) is 17.7 Å². The first-order valence-corrected chi connectivity index (χ1v) is 8.73. The maximum absolute atomic E-state index is 12.0. The van der Waals surface area contributed by atoms with Crippen LogP contribution in [0.5, 0.6) is 11.5 Å². The molecule has 0 aliphatic carbocycles. The van der Waals surface area contributed by atoms with Crippen LogP contribution in [-0.4, -0.2) is 30.3 Å². The molecule has 0 spiro atoms.